The van der Waals surface area contributed by atoms with Crippen molar-refractivity contribution in [2.45, 2.75) is 13.5 Å². The van der Waals surface area contributed by atoms with Crippen LogP contribution < -0.4 is 5.73 Å². The van der Waals surface area contributed by atoms with Crippen LogP contribution in [0.1, 0.15) is 11.4 Å². The Morgan fingerprint density at radius 3 is 2.83 bits per heavy atom. The number of ether oxygens (including phenoxy) is 1. The largest absolute Gasteiger partial charge is 0.378 e. The number of guanidine groups is 1. The average Bonchev–Trinajstić information content (AvgIpc) is 2.99. The first-order valence-corrected chi connectivity index (χ1v) is 7.56. The molecule has 0 unspecified atom stereocenters. The van der Waals surface area contributed by atoms with E-state index in [9.17, 15) is 4.39 Å². The fourth-order valence-electron chi connectivity index (χ4n) is 2.54. The van der Waals surface area contributed by atoms with Crippen molar-refractivity contribution in [1.82, 2.24) is 14.5 Å². The van der Waals surface area contributed by atoms with E-state index in [0.29, 0.717) is 31.4 Å². The Labute approximate surface area is 134 Å². The second-order valence-electron chi connectivity index (χ2n) is 5.40. The third-order valence-corrected chi connectivity index (χ3v) is 3.86. The molecule has 0 atom stereocenters. The fraction of sp³-hybridized carbons (Fsp3) is 0.375. The van der Waals surface area contributed by atoms with Crippen molar-refractivity contribution in [1.29, 1.82) is 0 Å². The summed E-state index contributed by atoms with van der Waals surface area (Å²) in [5.41, 5.74) is 7.23. The molecule has 2 N–H and O–H groups in total. The fourth-order valence-corrected chi connectivity index (χ4v) is 2.54. The van der Waals surface area contributed by atoms with Crippen LogP contribution in [0.5, 0.6) is 0 Å². The second-order valence-corrected chi connectivity index (χ2v) is 5.40. The van der Waals surface area contributed by atoms with Gasteiger partial charge in [0.25, 0.3) is 0 Å². The lowest BCUT2D eigenvalue weighted by molar-refractivity contribution is 0.0674. The first-order valence-electron chi connectivity index (χ1n) is 7.56. The lowest BCUT2D eigenvalue weighted by atomic mass is 10.2. The molecule has 7 heteroatoms. The average molecular weight is 317 g/mol. The molecule has 0 amide bonds. The van der Waals surface area contributed by atoms with Crippen LogP contribution in [0.15, 0.2) is 35.6 Å². The van der Waals surface area contributed by atoms with E-state index in [0.717, 1.165) is 24.5 Å². The Morgan fingerprint density at radius 1 is 1.39 bits per heavy atom. The highest BCUT2D eigenvalue weighted by Gasteiger charge is 2.12. The molecule has 6 nitrogen and oxygen atoms in total. The molecule has 2 heterocycles. The van der Waals surface area contributed by atoms with Crippen molar-refractivity contribution in [3.63, 3.8) is 0 Å². The molecule has 1 aromatic carbocycles. The topological polar surface area (TPSA) is 68.7 Å². The molecule has 122 valence electrons. The molecule has 0 radical (unpaired) electrons. The van der Waals surface area contributed by atoms with Crippen molar-refractivity contribution in [2.75, 3.05) is 26.3 Å². The Balaban J connectivity index is 1.72. The highest BCUT2D eigenvalue weighted by Crippen LogP contribution is 2.17. The molecule has 0 spiro atoms. The van der Waals surface area contributed by atoms with Crippen molar-refractivity contribution in [2.24, 2.45) is 10.7 Å². The number of hydrogen-bond acceptors (Lipinski definition) is 3. The smallest absolute Gasteiger partial charge is 0.191 e. The van der Waals surface area contributed by atoms with Crippen molar-refractivity contribution in [3.05, 3.63) is 47.8 Å². The van der Waals surface area contributed by atoms with E-state index in [2.05, 4.69) is 9.98 Å². The molecule has 1 aliphatic heterocycles. The number of morpholine rings is 1. The van der Waals surface area contributed by atoms with Gasteiger partial charge in [-0.1, -0.05) is 6.07 Å². The van der Waals surface area contributed by atoms with Gasteiger partial charge in [0, 0.05) is 25.5 Å². The first-order chi connectivity index (χ1) is 11.1. The van der Waals surface area contributed by atoms with Gasteiger partial charge in [0.05, 0.1) is 25.4 Å². The maximum absolute atomic E-state index is 14.3. The number of benzene rings is 1. The van der Waals surface area contributed by atoms with Crippen LogP contribution >= 0.6 is 0 Å². The van der Waals surface area contributed by atoms with Gasteiger partial charge in [0.15, 0.2) is 5.96 Å². The van der Waals surface area contributed by atoms with E-state index in [-0.39, 0.29) is 5.82 Å². The first kappa shape index (κ1) is 15.5. The van der Waals surface area contributed by atoms with Crippen molar-refractivity contribution >= 4 is 5.96 Å². The molecule has 2 aromatic rings. The van der Waals surface area contributed by atoms with Crippen LogP contribution in [0.25, 0.3) is 5.69 Å². The van der Waals surface area contributed by atoms with Gasteiger partial charge in [-0.25, -0.2) is 14.4 Å². The van der Waals surface area contributed by atoms with Crippen LogP contribution in [-0.2, 0) is 11.3 Å². The summed E-state index contributed by atoms with van der Waals surface area (Å²) >= 11 is 0. The number of aromatic nitrogens is 2. The predicted octanol–water partition coefficient (Wildman–Crippen LogP) is 1.47. The van der Waals surface area contributed by atoms with Crippen LogP contribution in [-0.4, -0.2) is 46.7 Å². The van der Waals surface area contributed by atoms with Crippen molar-refractivity contribution < 1.29 is 9.13 Å². The zero-order valence-electron chi connectivity index (χ0n) is 13.1. The van der Waals surface area contributed by atoms with Gasteiger partial charge in [0.2, 0.25) is 0 Å². The SMILES string of the molecule is Cc1nccn1-c1ccc(CN=C(N)N2CCOCC2)cc1F. The monoisotopic (exact) mass is 317 g/mol. The number of nitrogens with zero attached hydrogens (tertiary/aromatic N) is 4. The molecule has 1 fully saturated rings. The van der Waals surface area contributed by atoms with Crippen LogP contribution in [0.4, 0.5) is 4.39 Å². The summed E-state index contributed by atoms with van der Waals surface area (Å²) in [5, 5.41) is 0. The lowest BCUT2D eigenvalue weighted by Gasteiger charge is -2.27. The number of nitrogens with two attached hydrogens (primary N) is 1. The minimum atomic E-state index is -0.302. The van der Waals surface area contributed by atoms with Gasteiger partial charge < -0.3 is 19.9 Å². The number of rotatable bonds is 3. The molecular formula is C16H20FN5O. The van der Waals surface area contributed by atoms with Gasteiger partial charge in [0.1, 0.15) is 11.6 Å². The zero-order chi connectivity index (χ0) is 16.2. The molecule has 3 rings (SSSR count). The third kappa shape index (κ3) is 3.50. The van der Waals surface area contributed by atoms with Gasteiger partial charge in [-0.05, 0) is 24.6 Å². The van der Waals surface area contributed by atoms with Gasteiger partial charge in [-0.3, -0.25) is 0 Å². The van der Waals surface area contributed by atoms with E-state index in [1.807, 2.05) is 17.9 Å². The normalized spacial score (nSPS) is 15.9. The Hall–Kier alpha value is -2.41. The Bertz CT molecular complexity index is 706. The van der Waals surface area contributed by atoms with E-state index >= 15 is 0 Å². The minimum absolute atomic E-state index is 0.302. The molecule has 0 bridgehead atoms. The number of aliphatic imine (C=N–C) groups is 1. The van der Waals surface area contributed by atoms with Gasteiger partial charge in [-0.15, -0.1) is 0 Å². The van der Waals surface area contributed by atoms with E-state index in [1.165, 1.54) is 6.07 Å². The molecule has 0 saturated carbocycles. The number of imidazole rings is 1. The number of halogens is 1. The van der Waals surface area contributed by atoms with E-state index in [4.69, 9.17) is 10.5 Å². The quantitative estimate of drug-likeness (QED) is 0.687. The number of hydrogen-bond donors (Lipinski definition) is 1. The summed E-state index contributed by atoms with van der Waals surface area (Å²) in [4.78, 5) is 10.4. The summed E-state index contributed by atoms with van der Waals surface area (Å²) in [7, 11) is 0. The Morgan fingerprint density at radius 2 is 2.17 bits per heavy atom. The zero-order valence-corrected chi connectivity index (χ0v) is 13.1. The molecule has 1 aliphatic rings. The minimum Gasteiger partial charge on any atom is -0.378 e. The summed E-state index contributed by atoms with van der Waals surface area (Å²) in [5.74, 6) is 0.915. The van der Waals surface area contributed by atoms with Crippen molar-refractivity contribution in [3.8, 4) is 5.69 Å². The summed E-state index contributed by atoms with van der Waals surface area (Å²) in [6, 6.07) is 5.08. The summed E-state index contributed by atoms with van der Waals surface area (Å²) in [6.07, 6.45) is 3.39. The van der Waals surface area contributed by atoms with Crippen LogP contribution in [0.2, 0.25) is 0 Å². The lowest BCUT2D eigenvalue weighted by Crippen LogP contribution is -2.44. The van der Waals surface area contributed by atoms with E-state index < -0.39 is 0 Å². The molecular weight excluding hydrogens is 297 g/mol. The second kappa shape index (κ2) is 6.78. The summed E-state index contributed by atoms with van der Waals surface area (Å²) < 4.78 is 21.3. The summed E-state index contributed by atoms with van der Waals surface area (Å²) in [6.45, 7) is 4.97. The van der Waals surface area contributed by atoms with Gasteiger partial charge in [-0.2, -0.15) is 0 Å². The van der Waals surface area contributed by atoms with Crippen LogP contribution in [0.3, 0.4) is 0 Å². The van der Waals surface area contributed by atoms with Gasteiger partial charge >= 0.3 is 0 Å². The van der Waals surface area contributed by atoms with Crippen LogP contribution in [0, 0.1) is 12.7 Å². The predicted molar refractivity (Wildman–Crippen MR) is 86.0 cm³/mol. The maximum Gasteiger partial charge on any atom is 0.191 e. The highest BCUT2D eigenvalue weighted by molar-refractivity contribution is 5.78. The molecule has 1 saturated heterocycles. The van der Waals surface area contributed by atoms with E-state index in [1.54, 1.807) is 23.0 Å². The molecule has 0 aliphatic carbocycles. The maximum atomic E-state index is 14.3. The molecule has 23 heavy (non-hydrogen) atoms. The third-order valence-electron chi connectivity index (χ3n) is 3.86. The highest BCUT2D eigenvalue weighted by atomic mass is 19.1. The Kier molecular flexibility index (Phi) is 4.57. The standard InChI is InChI=1S/C16H20FN5O/c1-12-19-4-5-22(12)15-3-2-13(10-14(15)17)11-20-16(18)21-6-8-23-9-7-21/h2-5,10H,6-9,11H2,1H3,(H2,18,20). The number of aryl methyl sites for hydroxylation is 1. The molecule has 1 aromatic heterocycles.